The Balaban J connectivity index is 2.48. The second-order valence-corrected chi connectivity index (χ2v) is 2.98. The fraction of sp³-hybridized carbons (Fsp3) is 0.556. The zero-order valence-electron chi connectivity index (χ0n) is 8.04. The second kappa shape index (κ2) is 4.77. The SMILES string of the molecule is C=C(C)Cc1noc(CCOC)n1. The Morgan fingerprint density at radius 2 is 2.38 bits per heavy atom. The Morgan fingerprint density at radius 1 is 1.62 bits per heavy atom. The molecule has 1 rings (SSSR count). The van der Waals surface area contributed by atoms with Crippen LogP contribution in [0.3, 0.4) is 0 Å². The molecule has 4 heteroatoms. The molecular weight excluding hydrogens is 168 g/mol. The van der Waals surface area contributed by atoms with Gasteiger partial charge in [0.2, 0.25) is 5.89 Å². The van der Waals surface area contributed by atoms with E-state index in [2.05, 4.69) is 16.7 Å². The molecule has 0 saturated heterocycles. The Labute approximate surface area is 77.6 Å². The maximum Gasteiger partial charge on any atom is 0.228 e. The van der Waals surface area contributed by atoms with Crippen molar-refractivity contribution in [2.24, 2.45) is 0 Å². The van der Waals surface area contributed by atoms with Gasteiger partial charge in [0.1, 0.15) is 0 Å². The van der Waals surface area contributed by atoms with Gasteiger partial charge in [-0.25, -0.2) is 0 Å². The van der Waals surface area contributed by atoms with Crippen molar-refractivity contribution in [3.63, 3.8) is 0 Å². The molecule has 1 heterocycles. The number of ether oxygens (including phenoxy) is 1. The highest BCUT2D eigenvalue weighted by atomic mass is 16.5. The molecule has 0 aliphatic carbocycles. The molecule has 72 valence electrons. The van der Waals surface area contributed by atoms with E-state index in [1.165, 1.54) is 0 Å². The summed E-state index contributed by atoms with van der Waals surface area (Å²) in [4.78, 5) is 4.17. The van der Waals surface area contributed by atoms with Crippen LogP contribution in [0.2, 0.25) is 0 Å². The van der Waals surface area contributed by atoms with Gasteiger partial charge in [0.05, 0.1) is 13.0 Å². The summed E-state index contributed by atoms with van der Waals surface area (Å²) in [6, 6.07) is 0. The third-order valence-corrected chi connectivity index (χ3v) is 1.49. The van der Waals surface area contributed by atoms with Crippen LogP contribution in [0.15, 0.2) is 16.7 Å². The van der Waals surface area contributed by atoms with Crippen LogP contribution >= 0.6 is 0 Å². The summed E-state index contributed by atoms with van der Waals surface area (Å²) in [6.45, 7) is 6.32. The number of hydrogen-bond donors (Lipinski definition) is 0. The lowest BCUT2D eigenvalue weighted by molar-refractivity contribution is 0.192. The van der Waals surface area contributed by atoms with E-state index in [9.17, 15) is 0 Å². The molecule has 0 fully saturated rings. The standard InChI is InChI=1S/C9H14N2O2/c1-7(2)6-8-10-9(13-11-8)4-5-12-3/h1,4-6H2,2-3H3. The molecule has 0 N–H and O–H groups in total. The molecule has 13 heavy (non-hydrogen) atoms. The molecule has 0 amide bonds. The third kappa shape index (κ3) is 3.38. The van der Waals surface area contributed by atoms with Gasteiger partial charge in [-0.1, -0.05) is 17.3 Å². The predicted octanol–water partition coefficient (Wildman–Crippen LogP) is 1.38. The monoisotopic (exact) mass is 182 g/mol. The van der Waals surface area contributed by atoms with E-state index < -0.39 is 0 Å². The molecule has 1 aromatic rings. The Hall–Kier alpha value is -1.16. The largest absolute Gasteiger partial charge is 0.384 e. The molecule has 0 spiro atoms. The van der Waals surface area contributed by atoms with Crippen LogP contribution in [0.1, 0.15) is 18.6 Å². The van der Waals surface area contributed by atoms with E-state index in [1.807, 2.05) is 6.92 Å². The lowest BCUT2D eigenvalue weighted by Gasteiger charge is -1.91. The first-order chi connectivity index (χ1) is 6.22. The van der Waals surface area contributed by atoms with E-state index in [4.69, 9.17) is 9.26 Å². The number of methoxy groups -OCH3 is 1. The quantitative estimate of drug-likeness (QED) is 0.645. The summed E-state index contributed by atoms with van der Waals surface area (Å²) in [5.41, 5.74) is 1.03. The van der Waals surface area contributed by atoms with Gasteiger partial charge in [0.15, 0.2) is 5.82 Å². The molecule has 0 aliphatic rings. The van der Waals surface area contributed by atoms with Crippen LogP contribution in [-0.4, -0.2) is 23.9 Å². The highest BCUT2D eigenvalue weighted by Crippen LogP contribution is 2.03. The molecule has 0 saturated carbocycles. The van der Waals surface area contributed by atoms with Crippen molar-refractivity contribution in [3.8, 4) is 0 Å². The minimum Gasteiger partial charge on any atom is -0.384 e. The number of nitrogens with zero attached hydrogens (tertiary/aromatic N) is 2. The normalized spacial score (nSPS) is 10.3. The van der Waals surface area contributed by atoms with Crippen LogP contribution < -0.4 is 0 Å². The fourth-order valence-electron chi connectivity index (χ4n) is 0.923. The number of rotatable bonds is 5. The summed E-state index contributed by atoms with van der Waals surface area (Å²) >= 11 is 0. The summed E-state index contributed by atoms with van der Waals surface area (Å²) in [5, 5.41) is 3.81. The Bertz CT molecular complexity index is 281. The third-order valence-electron chi connectivity index (χ3n) is 1.49. The lowest BCUT2D eigenvalue weighted by Crippen LogP contribution is -1.95. The Morgan fingerprint density at radius 3 is 3.00 bits per heavy atom. The number of allylic oxidation sites excluding steroid dienone is 1. The summed E-state index contributed by atoms with van der Waals surface area (Å²) in [7, 11) is 1.64. The molecule has 0 aliphatic heterocycles. The average Bonchev–Trinajstić information content (AvgIpc) is 2.48. The van der Waals surface area contributed by atoms with Crippen molar-refractivity contribution in [3.05, 3.63) is 23.9 Å². The van der Waals surface area contributed by atoms with Gasteiger partial charge < -0.3 is 9.26 Å². The van der Waals surface area contributed by atoms with Gasteiger partial charge in [-0.2, -0.15) is 4.98 Å². The highest BCUT2D eigenvalue weighted by molar-refractivity contribution is 5.00. The molecule has 0 unspecified atom stereocenters. The van der Waals surface area contributed by atoms with E-state index in [0.717, 1.165) is 5.57 Å². The van der Waals surface area contributed by atoms with Crippen molar-refractivity contribution in [1.29, 1.82) is 0 Å². The van der Waals surface area contributed by atoms with Crippen LogP contribution in [0.5, 0.6) is 0 Å². The minimum absolute atomic E-state index is 0.606. The highest BCUT2D eigenvalue weighted by Gasteiger charge is 2.05. The van der Waals surface area contributed by atoms with Gasteiger partial charge in [-0.05, 0) is 6.92 Å². The van der Waals surface area contributed by atoms with Gasteiger partial charge >= 0.3 is 0 Å². The van der Waals surface area contributed by atoms with Crippen molar-refractivity contribution >= 4 is 0 Å². The van der Waals surface area contributed by atoms with E-state index in [1.54, 1.807) is 7.11 Å². The topological polar surface area (TPSA) is 48.2 Å². The first kappa shape index (κ1) is 9.92. The van der Waals surface area contributed by atoms with E-state index in [-0.39, 0.29) is 0 Å². The zero-order chi connectivity index (χ0) is 9.68. The molecule has 0 bridgehead atoms. The van der Waals surface area contributed by atoms with Gasteiger partial charge in [-0.3, -0.25) is 0 Å². The van der Waals surface area contributed by atoms with Crippen molar-refractivity contribution < 1.29 is 9.26 Å². The lowest BCUT2D eigenvalue weighted by atomic mass is 10.2. The van der Waals surface area contributed by atoms with Crippen LogP contribution in [0, 0.1) is 0 Å². The van der Waals surface area contributed by atoms with Crippen molar-refractivity contribution in [1.82, 2.24) is 10.1 Å². The van der Waals surface area contributed by atoms with Crippen molar-refractivity contribution in [2.75, 3.05) is 13.7 Å². The zero-order valence-corrected chi connectivity index (χ0v) is 8.04. The fourth-order valence-corrected chi connectivity index (χ4v) is 0.923. The number of hydrogen-bond acceptors (Lipinski definition) is 4. The average molecular weight is 182 g/mol. The van der Waals surface area contributed by atoms with E-state index >= 15 is 0 Å². The van der Waals surface area contributed by atoms with Crippen molar-refractivity contribution in [2.45, 2.75) is 19.8 Å². The Kier molecular flexibility index (Phi) is 3.64. The first-order valence-corrected chi connectivity index (χ1v) is 4.17. The summed E-state index contributed by atoms with van der Waals surface area (Å²) in [6.07, 6.45) is 1.34. The van der Waals surface area contributed by atoms with Gasteiger partial charge in [0.25, 0.3) is 0 Å². The molecule has 0 aromatic carbocycles. The molecule has 0 radical (unpaired) electrons. The smallest absolute Gasteiger partial charge is 0.228 e. The summed E-state index contributed by atoms with van der Waals surface area (Å²) in [5.74, 6) is 1.32. The maximum absolute atomic E-state index is 4.99. The molecule has 0 atom stereocenters. The minimum atomic E-state index is 0.606. The molecular formula is C9H14N2O2. The van der Waals surface area contributed by atoms with Crippen LogP contribution in [0.25, 0.3) is 0 Å². The predicted molar refractivity (Wildman–Crippen MR) is 48.4 cm³/mol. The van der Waals surface area contributed by atoms with E-state index in [0.29, 0.717) is 31.2 Å². The van der Waals surface area contributed by atoms with Gasteiger partial charge in [0, 0.05) is 13.5 Å². The first-order valence-electron chi connectivity index (χ1n) is 4.17. The summed E-state index contributed by atoms with van der Waals surface area (Å²) < 4.78 is 9.88. The van der Waals surface area contributed by atoms with Crippen LogP contribution in [-0.2, 0) is 17.6 Å². The number of aromatic nitrogens is 2. The second-order valence-electron chi connectivity index (χ2n) is 2.98. The van der Waals surface area contributed by atoms with Crippen LogP contribution in [0.4, 0.5) is 0 Å². The van der Waals surface area contributed by atoms with Gasteiger partial charge in [-0.15, -0.1) is 0 Å². The molecule has 1 aromatic heterocycles. The molecule has 4 nitrogen and oxygen atoms in total. The maximum atomic E-state index is 4.99.